The van der Waals surface area contributed by atoms with Gasteiger partial charge in [0.15, 0.2) is 11.5 Å². The highest BCUT2D eigenvalue weighted by atomic mass is 32.3. The smallest absolute Gasteiger partial charge is 0.381 e. The molecule has 4 aromatic rings. The van der Waals surface area contributed by atoms with Crippen molar-refractivity contribution in [1.29, 1.82) is 0 Å². The summed E-state index contributed by atoms with van der Waals surface area (Å²) in [6, 6.07) is 24.2. The van der Waals surface area contributed by atoms with Crippen LogP contribution in [0.25, 0.3) is 5.53 Å². The number of rotatable bonds is 10. The Hall–Kier alpha value is -4.34. The maximum atomic E-state index is 13.6. The molecule has 0 radical (unpaired) electrons. The zero-order valence-corrected chi connectivity index (χ0v) is 25.2. The maximum absolute atomic E-state index is 13.6. The van der Waals surface area contributed by atoms with E-state index >= 15 is 0 Å². The maximum Gasteiger partial charge on any atom is 0.504 e. The molecule has 43 heavy (non-hydrogen) atoms. The summed E-state index contributed by atoms with van der Waals surface area (Å²) in [5.74, 6) is -2.79. The van der Waals surface area contributed by atoms with Gasteiger partial charge in [0.05, 0.1) is 0 Å². The van der Waals surface area contributed by atoms with Gasteiger partial charge in [0.2, 0.25) is 0 Å². The molecule has 0 heterocycles. The van der Waals surface area contributed by atoms with Crippen LogP contribution in [0.2, 0.25) is 0 Å². The van der Waals surface area contributed by atoms with Gasteiger partial charge in [-0.2, -0.15) is 16.8 Å². The molecule has 0 aliphatic heterocycles. The first-order valence-corrected chi connectivity index (χ1v) is 18.2. The minimum atomic E-state index is -5.32. The van der Waals surface area contributed by atoms with E-state index in [4.69, 9.17) is 8.37 Å². The van der Waals surface area contributed by atoms with Crippen molar-refractivity contribution in [2.24, 2.45) is 0 Å². The van der Waals surface area contributed by atoms with Crippen LogP contribution in [0.5, 0.6) is 11.5 Å². The van der Waals surface area contributed by atoms with Gasteiger partial charge < -0.3 is 13.9 Å². The Kier molecular flexibility index (Phi) is 9.18. The van der Waals surface area contributed by atoms with Crippen LogP contribution in [0.3, 0.4) is 0 Å². The Morgan fingerprint density at radius 1 is 0.512 bits per heavy atom. The van der Waals surface area contributed by atoms with E-state index in [0.717, 1.165) is 24.3 Å². The fourth-order valence-electron chi connectivity index (χ4n) is 3.81. The summed E-state index contributed by atoms with van der Waals surface area (Å²) in [7, 11) is -19.5. The van der Waals surface area contributed by atoms with Crippen molar-refractivity contribution in [2.45, 2.75) is 21.3 Å². The normalized spacial score (nSPS) is 12.2. The fourth-order valence-corrected chi connectivity index (χ4v) is 9.62. The first-order valence-electron chi connectivity index (χ1n) is 12.1. The van der Waals surface area contributed by atoms with Crippen LogP contribution in [0.1, 0.15) is 11.1 Å². The highest BCUT2D eigenvalue weighted by molar-refractivity contribution is 8.31. The Balaban J connectivity index is 1.71. The predicted octanol–water partition coefficient (Wildman–Crippen LogP) is 3.34. The molecule has 0 N–H and O–H groups in total. The van der Waals surface area contributed by atoms with Crippen molar-refractivity contribution in [2.75, 3.05) is 0 Å². The zero-order valence-electron chi connectivity index (χ0n) is 21.9. The lowest BCUT2D eigenvalue weighted by Crippen LogP contribution is -2.28. The van der Waals surface area contributed by atoms with Crippen molar-refractivity contribution < 1.29 is 46.8 Å². The van der Waals surface area contributed by atoms with Gasteiger partial charge >= 0.3 is 24.6 Å². The molecular weight excluding hydrogens is 641 g/mol. The van der Waals surface area contributed by atoms with E-state index in [1.807, 2.05) is 0 Å². The summed E-state index contributed by atoms with van der Waals surface area (Å²) in [5, 5.41) is 0. The molecule has 0 saturated heterocycles. The van der Waals surface area contributed by atoms with Gasteiger partial charge in [0.1, 0.15) is 21.3 Å². The van der Waals surface area contributed by atoms with E-state index < -0.39 is 77.1 Å². The van der Waals surface area contributed by atoms with Gasteiger partial charge in [0.25, 0.3) is 19.7 Å². The first kappa shape index (κ1) is 31.6. The largest absolute Gasteiger partial charge is 0.504 e. The summed E-state index contributed by atoms with van der Waals surface area (Å²) in [6.45, 7) is 0. The molecule has 4 aromatic carbocycles. The lowest BCUT2D eigenvalue weighted by Gasteiger charge is -2.12. The van der Waals surface area contributed by atoms with Gasteiger partial charge in [-0.05, 0) is 35.4 Å². The molecule has 16 heteroatoms. The Bertz CT molecular complexity index is 1980. The van der Waals surface area contributed by atoms with Crippen molar-refractivity contribution in [1.82, 2.24) is 0 Å². The third kappa shape index (κ3) is 7.55. The number of sulfone groups is 2. The highest BCUT2D eigenvalue weighted by Gasteiger charge is 2.47. The molecule has 0 unspecified atom stereocenters. The van der Waals surface area contributed by atoms with E-state index in [1.54, 1.807) is 36.4 Å². The molecule has 12 nitrogen and oxygen atoms in total. The summed E-state index contributed by atoms with van der Waals surface area (Å²) in [6.07, 6.45) is 0. The standard InChI is InChI=1S/C27H22N2O10S4/c28-29-27(42(34,35)25-17-9-7-15-23(25)38-40(30,31)19-21-11-3-1-4-12-21)43(36,37)26-18-10-8-16-24(26)39-41(32,33)20-22-13-5-2-6-14-22/h1-18H,19-20H2. The summed E-state index contributed by atoms with van der Waals surface area (Å²) in [5.41, 5.74) is 10.3. The van der Waals surface area contributed by atoms with E-state index in [2.05, 4.69) is 4.79 Å². The molecule has 224 valence electrons. The molecule has 0 aliphatic carbocycles. The van der Waals surface area contributed by atoms with Gasteiger partial charge in [-0.15, -0.1) is 4.79 Å². The molecule has 0 spiro atoms. The Labute approximate surface area is 248 Å². The van der Waals surface area contributed by atoms with Crippen molar-refractivity contribution in [3.8, 4) is 11.5 Å². The topological polar surface area (TPSA) is 191 Å². The van der Waals surface area contributed by atoms with Crippen LogP contribution >= 0.6 is 0 Å². The number of hydrogen-bond donors (Lipinski definition) is 0. The predicted molar refractivity (Wildman–Crippen MR) is 155 cm³/mol. The van der Waals surface area contributed by atoms with Gasteiger partial charge in [-0.1, -0.05) is 84.9 Å². The van der Waals surface area contributed by atoms with Gasteiger partial charge in [-0.25, -0.2) is 16.8 Å². The quantitative estimate of drug-likeness (QED) is 0.0800. The monoisotopic (exact) mass is 662 g/mol. The molecule has 0 amide bonds. The molecule has 0 aromatic heterocycles. The lowest BCUT2D eigenvalue weighted by molar-refractivity contribution is 0.00378. The van der Waals surface area contributed by atoms with Crippen LogP contribution in [-0.2, 0) is 51.4 Å². The molecule has 0 bridgehead atoms. The number of para-hydroxylation sites is 2. The second-order valence-corrected chi connectivity index (χ2v) is 15.9. The minimum absolute atomic E-state index is 0.335. The van der Waals surface area contributed by atoms with Crippen molar-refractivity contribution >= 4 is 44.3 Å². The van der Waals surface area contributed by atoms with Crippen molar-refractivity contribution in [3.63, 3.8) is 0 Å². The summed E-state index contributed by atoms with van der Waals surface area (Å²) >= 11 is 0. The molecule has 0 atom stereocenters. The van der Waals surface area contributed by atoms with E-state index in [0.29, 0.717) is 11.1 Å². The molecule has 0 fully saturated rings. The lowest BCUT2D eigenvalue weighted by atomic mass is 10.2. The average Bonchev–Trinajstić information content (AvgIpc) is 2.93. The molecular formula is C27H22N2O10S4. The van der Waals surface area contributed by atoms with E-state index in [1.165, 1.54) is 48.5 Å². The Morgan fingerprint density at radius 3 is 1.19 bits per heavy atom. The first-order chi connectivity index (χ1) is 20.2. The molecule has 0 aliphatic rings. The second kappa shape index (κ2) is 12.5. The van der Waals surface area contributed by atoms with Gasteiger partial charge in [-0.3, -0.25) is 0 Å². The molecule has 0 saturated carbocycles. The highest BCUT2D eigenvalue weighted by Crippen LogP contribution is 2.33. The minimum Gasteiger partial charge on any atom is -0.381 e. The van der Waals surface area contributed by atoms with Crippen LogP contribution in [0.15, 0.2) is 119 Å². The van der Waals surface area contributed by atoms with Crippen LogP contribution in [-0.4, -0.2) is 42.8 Å². The zero-order chi connectivity index (χ0) is 31.3. The van der Waals surface area contributed by atoms with Crippen LogP contribution in [0.4, 0.5) is 0 Å². The van der Waals surface area contributed by atoms with Crippen LogP contribution in [0, 0.1) is 0 Å². The van der Waals surface area contributed by atoms with E-state index in [9.17, 15) is 39.2 Å². The van der Waals surface area contributed by atoms with Crippen molar-refractivity contribution in [3.05, 3.63) is 126 Å². The van der Waals surface area contributed by atoms with Gasteiger partial charge in [0, 0.05) is 0 Å². The third-order valence-corrected chi connectivity index (χ3v) is 12.1. The molecule has 4 rings (SSSR count). The SMILES string of the molecule is [N-]=[N+]=C(S(=O)(=O)c1ccccc1OS(=O)(=O)Cc1ccccc1)S(=O)(=O)c1ccccc1OS(=O)(=O)Cc1ccccc1. The third-order valence-electron chi connectivity index (χ3n) is 5.62. The van der Waals surface area contributed by atoms with E-state index in [-0.39, 0.29) is 0 Å². The average molecular weight is 663 g/mol. The fraction of sp³-hybridized carbons (Fsp3) is 0.0741. The summed E-state index contributed by atoms with van der Waals surface area (Å²) in [4.78, 5) is 0.633. The van der Waals surface area contributed by atoms with Crippen LogP contribution < -0.4 is 8.37 Å². The number of hydrogen-bond acceptors (Lipinski definition) is 10. The summed E-state index contributed by atoms with van der Waals surface area (Å²) < 4.78 is 113. The number of benzene rings is 4. The Morgan fingerprint density at radius 2 is 0.837 bits per heavy atom. The second-order valence-electron chi connectivity index (χ2n) is 8.81. The number of nitrogens with zero attached hydrogens (tertiary/aromatic N) is 2.